The van der Waals surface area contributed by atoms with Gasteiger partial charge in [-0.05, 0) is 58.4 Å². The second-order valence-corrected chi connectivity index (χ2v) is 7.75. The Morgan fingerprint density at radius 3 is 2.28 bits per heavy atom. The number of aryl methyl sites for hydroxylation is 2. The van der Waals surface area contributed by atoms with Crippen LogP contribution in [-0.2, 0) is 4.79 Å². The van der Waals surface area contributed by atoms with Crippen molar-refractivity contribution in [3.8, 4) is 11.4 Å². The minimum absolute atomic E-state index is 0.138. The first-order valence-electron chi connectivity index (χ1n) is 9.94. The number of aromatic nitrogens is 2. The van der Waals surface area contributed by atoms with Gasteiger partial charge in [-0.1, -0.05) is 12.1 Å². The van der Waals surface area contributed by atoms with Crippen molar-refractivity contribution in [3.05, 3.63) is 47.3 Å². The summed E-state index contributed by atoms with van der Waals surface area (Å²) in [6, 6.07) is 10.8. The molecule has 3 heterocycles. The Hall–Kier alpha value is -2.80. The third-order valence-electron chi connectivity index (χ3n) is 5.81. The van der Waals surface area contributed by atoms with Gasteiger partial charge in [0, 0.05) is 47.7 Å². The van der Waals surface area contributed by atoms with Gasteiger partial charge in [0.05, 0.1) is 0 Å². The number of likely N-dealkylation sites (tertiary alicyclic amines) is 1. The number of carbonyl (C=O) groups excluding carboxylic acids is 1. The summed E-state index contributed by atoms with van der Waals surface area (Å²) in [6.45, 7) is 5.39. The SMILES string of the molecule is Cc1cc(C)nc(-c2ccc(C(=O)N3CC[C@@H]4CC[C@H](C3)N4C)cc2)n1.O=CO. The van der Waals surface area contributed by atoms with Gasteiger partial charge in [-0.25, -0.2) is 9.97 Å². The van der Waals surface area contributed by atoms with Gasteiger partial charge in [0.1, 0.15) is 0 Å². The summed E-state index contributed by atoms with van der Waals surface area (Å²) < 4.78 is 0. The largest absolute Gasteiger partial charge is 0.483 e. The second-order valence-electron chi connectivity index (χ2n) is 7.75. The zero-order chi connectivity index (χ0) is 21.0. The van der Waals surface area contributed by atoms with Crippen molar-refractivity contribution in [3.63, 3.8) is 0 Å². The lowest BCUT2D eigenvalue weighted by Crippen LogP contribution is -2.39. The Morgan fingerprint density at radius 2 is 1.66 bits per heavy atom. The molecule has 29 heavy (non-hydrogen) atoms. The first-order valence-corrected chi connectivity index (χ1v) is 9.94. The first-order chi connectivity index (χ1) is 13.9. The summed E-state index contributed by atoms with van der Waals surface area (Å²) in [5.74, 6) is 0.856. The molecule has 2 aliphatic heterocycles. The van der Waals surface area contributed by atoms with Crippen LogP contribution in [0.25, 0.3) is 11.4 Å². The van der Waals surface area contributed by atoms with E-state index in [1.54, 1.807) is 0 Å². The smallest absolute Gasteiger partial charge is 0.290 e. The van der Waals surface area contributed by atoms with Crippen LogP contribution in [0.5, 0.6) is 0 Å². The topological polar surface area (TPSA) is 86.6 Å². The predicted molar refractivity (Wildman–Crippen MR) is 111 cm³/mol. The van der Waals surface area contributed by atoms with Gasteiger partial charge < -0.3 is 10.0 Å². The van der Waals surface area contributed by atoms with Gasteiger partial charge in [0.15, 0.2) is 5.82 Å². The molecule has 0 spiro atoms. The highest BCUT2D eigenvalue weighted by Crippen LogP contribution is 2.29. The van der Waals surface area contributed by atoms with Crippen LogP contribution in [0.1, 0.15) is 41.0 Å². The lowest BCUT2D eigenvalue weighted by Gasteiger charge is -2.26. The molecule has 7 nitrogen and oxygen atoms in total. The summed E-state index contributed by atoms with van der Waals surface area (Å²) in [5, 5.41) is 6.89. The van der Waals surface area contributed by atoms with Crippen molar-refractivity contribution in [2.24, 2.45) is 0 Å². The summed E-state index contributed by atoms with van der Waals surface area (Å²) in [6.07, 6.45) is 3.55. The third kappa shape index (κ3) is 4.79. The molecule has 0 aliphatic carbocycles. The van der Waals surface area contributed by atoms with Crippen molar-refractivity contribution in [1.29, 1.82) is 0 Å². The van der Waals surface area contributed by atoms with Gasteiger partial charge in [-0.3, -0.25) is 14.5 Å². The number of nitrogens with zero attached hydrogens (tertiary/aromatic N) is 4. The minimum atomic E-state index is -0.250. The monoisotopic (exact) mass is 396 g/mol. The number of benzene rings is 1. The van der Waals surface area contributed by atoms with E-state index in [0.29, 0.717) is 12.1 Å². The number of carbonyl (C=O) groups is 2. The Morgan fingerprint density at radius 1 is 1.07 bits per heavy atom. The van der Waals surface area contributed by atoms with Crippen molar-refractivity contribution >= 4 is 12.4 Å². The highest BCUT2D eigenvalue weighted by Gasteiger charge is 2.36. The number of amides is 1. The Balaban J connectivity index is 0.000000755. The fraction of sp³-hybridized carbons (Fsp3) is 0.455. The number of rotatable bonds is 2. The van der Waals surface area contributed by atoms with Crippen LogP contribution in [0.15, 0.2) is 30.3 Å². The molecule has 2 aromatic rings. The molecule has 2 aliphatic rings. The molecule has 2 atom stereocenters. The molecule has 2 fully saturated rings. The Bertz CT molecular complexity index is 849. The highest BCUT2D eigenvalue weighted by atomic mass is 16.3. The van der Waals surface area contributed by atoms with Gasteiger partial charge in [0.25, 0.3) is 12.4 Å². The molecule has 1 aromatic heterocycles. The lowest BCUT2D eigenvalue weighted by molar-refractivity contribution is -0.122. The lowest BCUT2D eigenvalue weighted by atomic mass is 10.1. The summed E-state index contributed by atoms with van der Waals surface area (Å²) in [4.78, 5) is 34.8. The van der Waals surface area contributed by atoms with Crippen molar-refractivity contribution in [1.82, 2.24) is 19.8 Å². The maximum absolute atomic E-state index is 13.0. The van der Waals surface area contributed by atoms with Gasteiger partial charge in [-0.15, -0.1) is 0 Å². The minimum Gasteiger partial charge on any atom is -0.483 e. The van der Waals surface area contributed by atoms with Crippen LogP contribution in [-0.4, -0.2) is 69.5 Å². The Labute approximate surface area is 171 Å². The normalized spacial score (nSPS) is 21.1. The van der Waals surface area contributed by atoms with Crippen LogP contribution < -0.4 is 0 Å². The van der Waals surface area contributed by atoms with Crippen molar-refractivity contribution in [2.45, 2.75) is 45.2 Å². The van der Waals surface area contributed by atoms with Crippen LogP contribution >= 0.6 is 0 Å². The molecule has 1 aromatic carbocycles. The molecule has 4 rings (SSSR count). The molecule has 154 valence electrons. The van der Waals surface area contributed by atoms with Crippen molar-refractivity contribution in [2.75, 3.05) is 20.1 Å². The first kappa shape index (κ1) is 20.9. The van der Waals surface area contributed by atoms with Crippen LogP contribution in [0.2, 0.25) is 0 Å². The van der Waals surface area contributed by atoms with E-state index in [0.717, 1.165) is 47.8 Å². The predicted octanol–water partition coefficient (Wildman–Crippen LogP) is 2.77. The fourth-order valence-electron chi connectivity index (χ4n) is 4.29. The van der Waals surface area contributed by atoms with E-state index in [-0.39, 0.29) is 12.4 Å². The molecule has 1 amide bonds. The van der Waals surface area contributed by atoms with E-state index >= 15 is 0 Å². The van der Waals surface area contributed by atoms with Crippen LogP contribution in [0.4, 0.5) is 0 Å². The van der Waals surface area contributed by atoms with E-state index in [1.165, 1.54) is 12.8 Å². The number of hydrogen-bond donors (Lipinski definition) is 1. The van der Waals surface area contributed by atoms with Gasteiger partial charge >= 0.3 is 0 Å². The Kier molecular flexibility index (Phi) is 6.59. The maximum atomic E-state index is 13.0. The zero-order valence-electron chi connectivity index (χ0n) is 17.2. The molecule has 0 saturated carbocycles. The average molecular weight is 396 g/mol. The average Bonchev–Trinajstić information content (AvgIpc) is 2.93. The van der Waals surface area contributed by atoms with Crippen molar-refractivity contribution < 1.29 is 14.7 Å². The molecular formula is C22H28N4O3. The summed E-state index contributed by atoms with van der Waals surface area (Å²) >= 11 is 0. The molecule has 0 unspecified atom stereocenters. The molecule has 0 radical (unpaired) electrons. The number of hydrogen-bond acceptors (Lipinski definition) is 5. The molecule has 7 heteroatoms. The van der Waals surface area contributed by atoms with E-state index in [4.69, 9.17) is 9.90 Å². The molecular weight excluding hydrogens is 368 g/mol. The van der Waals surface area contributed by atoms with E-state index in [9.17, 15) is 4.79 Å². The standard InChI is InChI=1S/C21H26N4O.CH2O2/c1-14-12-15(2)23-20(22-14)16-4-6-17(7-5-16)21(26)25-11-10-18-8-9-19(13-25)24(18)3;2-1-3/h4-7,12,18-19H,8-11,13H2,1-3H3;1H,(H,2,3)/t18-,19+;/m0./s1. The number of likely N-dealkylation sites (N-methyl/N-ethyl adjacent to an activating group) is 1. The highest BCUT2D eigenvalue weighted by molar-refractivity contribution is 5.94. The summed E-state index contributed by atoms with van der Waals surface area (Å²) in [5.41, 5.74) is 3.61. The molecule has 1 N–H and O–H groups in total. The third-order valence-corrected chi connectivity index (χ3v) is 5.81. The van der Waals surface area contributed by atoms with E-state index < -0.39 is 0 Å². The zero-order valence-corrected chi connectivity index (χ0v) is 17.2. The van der Waals surface area contributed by atoms with E-state index in [1.807, 2.05) is 49.1 Å². The van der Waals surface area contributed by atoms with Gasteiger partial charge in [-0.2, -0.15) is 0 Å². The maximum Gasteiger partial charge on any atom is 0.290 e. The van der Waals surface area contributed by atoms with Gasteiger partial charge in [0.2, 0.25) is 0 Å². The van der Waals surface area contributed by atoms with Crippen LogP contribution in [0, 0.1) is 13.8 Å². The number of fused-ring (bicyclic) bond motifs is 2. The molecule has 2 bridgehead atoms. The molecule has 2 saturated heterocycles. The summed E-state index contributed by atoms with van der Waals surface area (Å²) in [7, 11) is 2.20. The number of carboxylic acid groups (broad SMARTS) is 1. The second kappa shape index (κ2) is 9.13. The van der Waals surface area contributed by atoms with Crippen LogP contribution in [0.3, 0.4) is 0 Å². The fourth-order valence-corrected chi connectivity index (χ4v) is 4.29. The van der Waals surface area contributed by atoms with E-state index in [2.05, 4.69) is 21.9 Å². The quantitative estimate of drug-likeness (QED) is 0.786.